The smallest absolute Gasteiger partial charge is 0.199 e. The van der Waals surface area contributed by atoms with Crippen LogP contribution < -0.4 is 0 Å². The van der Waals surface area contributed by atoms with E-state index in [1.807, 2.05) is 27.7 Å². The van der Waals surface area contributed by atoms with Gasteiger partial charge in [0.05, 0.1) is 12.1 Å². The van der Waals surface area contributed by atoms with Crippen molar-refractivity contribution >= 4 is 11.8 Å². The molecule has 2 heterocycles. The summed E-state index contributed by atoms with van der Waals surface area (Å²) >= 11 is 0. The first-order valence-corrected chi connectivity index (χ1v) is 5.42. The summed E-state index contributed by atoms with van der Waals surface area (Å²) in [5.41, 5.74) is -0.324. The maximum atomic E-state index is 5.57. The molecular formula is C11H18CuN2O2. The van der Waals surface area contributed by atoms with E-state index in [0.717, 1.165) is 11.8 Å². The molecule has 0 aromatic rings. The number of ether oxygens (including phenoxy) is 2. The van der Waals surface area contributed by atoms with Gasteiger partial charge >= 0.3 is 0 Å². The minimum absolute atomic E-state index is 0. The Balaban J connectivity index is 0.00000128. The summed E-state index contributed by atoms with van der Waals surface area (Å²) in [6.45, 7) is 9.51. The molecule has 4 nitrogen and oxygen atoms in total. The van der Waals surface area contributed by atoms with Crippen molar-refractivity contribution in [3.63, 3.8) is 0 Å². The quantitative estimate of drug-likeness (QED) is 0.718. The molecule has 0 aliphatic carbocycles. The Morgan fingerprint density at radius 1 is 1.00 bits per heavy atom. The maximum absolute atomic E-state index is 5.57. The number of nitrogens with zero attached hydrogens (tertiary/aromatic N) is 2. The summed E-state index contributed by atoms with van der Waals surface area (Å²) in [5.74, 6) is 1.51. The van der Waals surface area contributed by atoms with Crippen LogP contribution in [0.1, 0.15) is 27.7 Å². The summed E-state index contributed by atoms with van der Waals surface area (Å²) in [4.78, 5) is 8.93. The average Bonchev–Trinajstić information content (AvgIpc) is 2.74. The Morgan fingerprint density at radius 3 is 1.62 bits per heavy atom. The second-order valence-corrected chi connectivity index (χ2v) is 4.81. The summed E-state index contributed by atoms with van der Waals surface area (Å²) < 4.78 is 11.1. The molecule has 5 heteroatoms. The van der Waals surface area contributed by atoms with Gasteiger partial charge in [-0.25, -0.2) is 9.98 Å². The van der Waals surface area contributed by atoms with Crippen LogP contribution in [-0.4, -0.2) is 37.1 Å². The molecule has 0 fully saturated rings. The Morgan fingerprint density at radius 2 is 1.38 bits per heavy atom. The molecule has 16 heavy (non-hydrogen) atoms. The SMILES string of the molecule is CC1COC(C(C)(C)C2=N[C@@H](C)CO2)=N1.[Cu]. The summed E-state index contributed by atoms with van der Waals surface area (Å²) in [6, 6.07) is 0.498. The van der Waals surface area contributed by atoms with Gasteiger partial charge < -0.3 is 9.47 Å². The molecule has 2 atom stereocenters. The van der Waals surface area contributed by atoms with E-state index in [9.17, 15) is 0 Å². The molecule has 0 spiro atoms. The first kappa shape index (κ1) is 13.5. The summed E-state index contributed by atoms with van der Waals surface area (Å²) in [7, 11) is 0. The van der Waals surface area contributed by atoms with Crippen molar-refractivity contribution in [3.8, 4) is 0 Å². The van der Waals surface area contributed by atoms with Gasteiger partial charge in [-0.3, -0.25) is 0 Å². The summed E-state index contributed by atoms with van der Waals surface area (Å²) in [5, 5.41) is 0. The standard InChI is InChI=1S/C11H18N2O2.Cu/c1-7-5-14-9(12-7)11(3,4)10-13-8(2)6-15-10;/h7-8H,5-6H2,1-4H3;/t7-,8?;/m0./s1. The fourth-order valence-electron chi connectivity index (χ4n) is 1.72. The van der Waals surface area contributed by atoms with E-state index in [2.05, 4.69) is 9.98 Å². The van der Waals surface area contributed by atoms with E-state index >= 15 is 0 Å². The van der Waals surface area contributed by atoms with E-state index in [0.29, 0.717) is 13.2 Å². The third kappa shape index (κ3) is 2.41. The zero-order valence-electron chi connectivity index (χ0n) is 10.1. The third-order valence-corrected chi connectivity index (χ3v) is 2.67. The number of hydrogen-bond acceptors (Lipinski definition) is 4. The second-order valence-electron chi connectivity index (χ2n) is 4.81. The van der Waals surface area contributed by atoms with Crippen molar-refractivity contribution in [3.05, 3.63) is 0 Å². The molecule has 2 aliphatic rings. The van der Waals surface area contributed by atoms with Crippen molar-refractivity contribution < 1.29 is 26.5 Å². The van der Waals surface area contributed by atoms with E-state index in [-0.39, 0.29) is 34.6 Å². The minimum atomic E-state index is -0.324. The van der Waals surface area contributed by atoms with Gasteiger partial charge in [0, 0.05) is 17.1 Å². The number of aliphatic imine (C=N–C) groups is 2. The van der Waals surface area contributed by atoms with Crippen molar-refractivity contribution in [2.45, 2.75) is 39.8 Å². The predicted octanol–water partition coefficient (Wildman–Crippen LogP) is 1.64. The van der Waals surface area contributed by atoms with Gasteiger partial charge in [0.15, 0.2) is 11.8 Å². The molecule has 0 bridgehead atoms. The fourth-order valence-corrected chi connectivity index (χ4v) is 1.72. The summed E-state index contributed by atoms with van der Waals surface area (Å²) in [6.07, 6.45) is 0. The van der Waals surface area contributed by atoms with E-state index in [1.165, 1.54) is 0 Å². The second kappa shape index (κ2) is 4.76. The molecule has 1 unspecified atom stereocenters. The van der Waals surface area contributed by atoms with E-state index in [4.69, 9.17) is 9.47 Å². The van der Waals surface area contributed by atoms with Crippen LogP contribution in [0.15, 0.2) is 9.98 Å². The first-order valence-electron chi connectivity index (χ1n) is 5.42. The molecule has 0 N–H and O–H groups in total. The average molecular weight is 274 g/mol. The molecule has 2 aliphatic heterocycles. The molecule has 0 aromatic heterocycles. The molecule has 95 valence electrons. The Kier molecular flexibility index (Phi) is 4.02. The zero-order chi connectivity index (χ0) is 11.1. The van der Waals surface area contributed by atoms with E-state index in [1.54, 1.807) is 0 Å². The molecule has 0 amide bonds. The van der Waals surface area contributed by atoms with Gasteiger partial charge in [0.1, 0.15) is 18.6 Å². The van der Waals surface area contributed by atoms with Gasteiger partial charge in [0.2, 0.25) is 0 Å². The molecule has 1 radical (unpaired) electrons. The van der Waals surface area contributed by atoms with Gasteiger partial charge in [-0.15, -0.1) is 0 Å². The molecule has 0 saturated carbocycles. The van der Waals surface area contributed by atoms with Gasteiger partial charge in [-0.05, 0) is 27.7 Å². The zero-order valence-corrected chi connectivity index (χ0v) is 11.0. The van der Waals surface area contributed by atoms with Gasteiger partial charge in [-0.1, -0.05) is 0 Å². The topological polar surface area (TPSA) is 43.2 Å². The van der Waals surface area contributed by atoms with Crippen LogP contribution in [0, 0.1) is 5.41 Å². The van der Waals surface area contributed by atoms with Gasteiger partial charge in [0.25, 0.3) is 0 Å². The van der Waals surface area contributed by atoms with Crippen molar-refractivity contribution in [1.82, 2.24) is 0 Å². The van der Waals surface area contributed by atoms with Crippen molar-refractivity contribution in [2.24, 2.45) is 15.4 Å². The van der Waals surface area contributed by atoms with Crippen LogP contribution >= 0.6 is 0 Å². The van der Waals surface area contributed by atoms with E-state index < -0.39 is 0 Å². The van der Waals surface area contributed by atoms with Crippen LogP contribution in [0.5, 0.6) is 0 Å². The fraction of sp³-hybridized carbons (Fsp3) is 0.818. The molecule has 0 saturated heterocycles. The van der Waals surface area contributed by atoms with Crippen LogP contribution in [0.4, 0.5) is 0 Å². The number of rotatable bonds is 2. The third-order valence-electron chi connectivity index (χ3n) is 2.67. The Bertz CT molecular complexity index is 296. The van der Waals surface area contributed by atoms with Crippen LogP contribution in [0.3, 0.4) is 0 Å². The molecular weight excluding hydrogens is 256 g/mol. The maximum Gasteiger partial charge on any atom is 0.199 e. The van der Waals surface area contributed by atoms with Crippen LogP contribution in [0.25, 0.3) is 0 Å². The largest absolute Gasteiger partial charge is 0.478 e. The van der Waals surface area contributed by atoms with Crippen molar-refractivity contribution in [2.75, 3.05) is 13.2 Å². The molecule has 2 rings (SSSR count). The molecule has 0 aromatic carbocycles. The Hall–Kier alpha value is -0.541. The Labute approximate surface area is 107 Å². The van der Waals surface area contributed by atoms with Crippen molar-refractivity contribution in [1.29, 1.82) is 0 Å². The predicted molar refractivity (Wildman–Crippen MR) is 59.5 cm³/mol. The van der Waals surface area contributed by atoms with Crippen LogP contribution in [0.2, 0.25) is 0 Å². The van der Waals surface area contributed by atoms with Gasteiger partial charge in [-0.2, -0.15) is 0 Å². The van der Waals surface area contributed by atoms with Crippen LogP contribution in [-0.2, 0) is 26.5 Å². The number of hydrogen-bond donors (Lipinski definition) is 0. The first-order chi connectivity index (χ1) is 7.00. The minimum Gasteiger partial charge on any atom is -0.478 e. The monoisotopic (exact) mass is 273 g/mol. The normalized spacial score (nSPS) is 28.8.